The molecule has 2 amide bonds. The number of imide groups is 1. The van der Waals surface area contributed by atoms with Gasteiger partial charge in [-0.05, 0) is 37.1 Å². The van der Waals surface area contributed by atoms with Gasteiger partial charge < -0.3 is 10.1 Å². The number of carbonyl (C=O) groups excluding carboxylic acids is 2. The molecule has 2 aromatic rings. The van der Waals surface area contributed by atoms with Crippen molar-refractivity contribution in [3.05, 3.63) is 47.9 Å². The van der Waals surface area contributed by atoms with Crippen LogP contribution in [0.15, 0.2) is 36.5 Å². The lowest BCUT2D eigenvalue weighted by Gasteiger charge is -2.10. The molecule has 2 N–H and O–H groups in total. The predicted molar refractivity (Wildman–Crippen MR) is 95.8 cm³/mol. The summed E-state index contributed by atoms with van der Waals surface area (Å²) in [5, 5.41) is 4.84. The Morgan fingerprint density at radius 2 is 2.04 bits per heavy atom. The van der Waals surface area contributed by atoms with E-state index in [1.165, 1.54) is 0 Å². The fraction of sp³-hybridized carbons (Fsp3) is 0.294. The second-order valence-corrected chi connectivity index (χ2v) is 6.67. The van der Waals surface area contributed by atoms with Gasteiger partial charge >= 0.3 is 0 Å². The number of ether oxygens (including phenoxy) is 1. The van der Waals surface area contributed by atoms with Gasteiger partial charge in [0.15, 0.2) is 0 Å². The summed E-state index contributed by atoms with van der Waals surface area (Å²) >= 11 is 1.04. The second kappa shape index (κ2) is 7.98. The third-order valence-electron chi connectivity index (χ3n) is 3.56. The molecule has 0 saturated carbocycles. The van der Waals surface area contributed by atoms with Gasteiger partial charge in [0, 0.05) is 6.20 Å². The van der Waals surface area contributed by atoms with Gasteiger partial charge in [0.05, 0.1) is 11.8 Å². The average Bonchev–Trinajstić information content (AvgIpc) is 2.90. The lowest BCUT2D eigenvalue weighted by molar-refractivity contribution is -0.118. The average molecular weight is 358 g/mol. The topological polar surface area (TPSA) is 93.2 Å². The van der Waals surface area contributed by atoms with Crippen LogP contribution in [-0.2, 0) is 11.2 Å². The molecule has 2 heterocycles. The summed E-state index contributed by atoms with van der Waals surface area (Å²) in [7, 11) is 0. The Kier molecular flexibility index (Phi) is 5.49. The first-order chi connectivity index (χ1) is 12.1. The fourth-order valence-corrected chi connectivity index (χ4v) is 3.23. The molecule has 3 rings (SSSR count). The van der Waals surface area contributed by atoms with E-state index in [9.17, 15) is 9.59 Å². The first-order valence-corrected chi connectivity index (χ1v) is 8.75. The van der Waals surface area contributed by atoms with Crippen LogP contribution >= 0.6 is 11.8 Å². The van der Waals surface area contributed by atoms with Gasteiger partial charge in [-0.15, -0.1) is 0 Å². The Morgan fingerprint density at radius 3 is 2.72 bits per heavy atom. The lowest BCUT2D eigenvalue weighted by Crippen LogP contribution is -2.25. The van der Waals surface area contributed by atoms with Crippen LogP contribution in [0.1, 0.15) is 11.4 Å². The molecule has 7 nitrogen and oxygen atoms in total. The smallest absolute Gasteiger partial charge is 0.286 e. The molecule has 1 aliphatic heterocycles. The van der Waals surface area contributed by atoms with Crippen molar-refractivity contribution in [3.8, 4) is 5.75 Å². The minimum atomic E-state index is -0.347. The number of hydrogen-bond donors (Lipinski definition) is 2. The van der Waals surface area contributed by atoms with Crippen molar-refractivity contribution in [3.63, 3.8) is 0 Å². The zero-order valence-electron chi connectivity index (χ0n) is 13.7. The summed E-state index contributed by atoms with van der Waals surface area (Å²) in [6, 6.07) is 9.36. The molecule has 1 aromatic heterocycles. The van der Waals surface area contributed by atoms with Crippen LogP contribution < -0.4 is 15.4 Å². The fourth-order valence-electron chi connectivity index (χ4n) is 2.37. The van der Waals surface area contributed by atoms with Gasteiger partial charge in [-0.3, -0.25) is 14.9 Å². The lowest BCUT2D eigenvalue weighted by atomic mass is 10.1. The molecule has 1 aromatic carbocycles. The van der Waals surface area contributed by atoms with E-state index in [1.54, 1.807) is 6.20 Å². The molecule has 1 atom stereocenters. The quantitative estimate of drug-likeness (QED) is 0.733. The maximum Gasteiger partial charge on any atom is 0.286 e. The number of aryl methyl sites for hydroxylation is 1. The number of nitrogens with zero attached hydrogens (tertiary/aromatic N) is 2. The van der Waals surface area contributed by atoms with Gasteiger partial charge in [-0.25, -0.2) is 9.97 Å². The van der Waals surface area contributed by atoms with E-state index < -0.39 is 0 Å². The summed E-state index contributed by atoms with van der Waals surface area (Å²) < 4.78 is 5.68. The zero-order chi connectivity index (χ0) is 17.6. The number of thioether (sulfide) groups is 1. The van der Waals surface area contributed by atoms with Crippen molar-refractivity contribution < 1.29 is 14.3 Å². The molecular weight excluding hydrogens is 340 g/mol. The maximum atomic E-state index is 11.6. The van der Waals surface area contributed by atoms with Crippen molar-refractivity contribution in [1.29, 1.82) is 0 Å². The number of hydrogen-bond acceptors (Lipinski definition) is 7. The molecular formula is C17H18N4O3S. The Balaban J connectivity index is 1.43. The first kappa shape index (κ1) is 17.2. The van der Waals surface area contributed by atoms with E-state index in [2.05, 4.69) is 20.6 Å². The van der Waals surface area contributed by atoms with Gasteiger partial charge in [0.2, 0.25) is 5.91 Å². The van der Waals surface area contributed by atoms with Crippen LogP contribution in [0.25, 0.3) is 0 Å². The van der Waals surface area contributed by atoms with Crippen molar-refractivity contribution in [1.82, 2.24) is 15.3 Å². The molecule has 0 spiro atoms. The number of rotatable bonds is 7. The molecule has 0 aliphatic carbocycles. The Hall–Kier alpha value is -2.61. The summed E-state index contributed by atoms with van der Waals surface area (Å²) in [5.41, 5.74) is 0.990. The maximum absolute atomic E-state index is 11.6. The number of benzene rings is 1. The Labute approximate surface area is 149 Å². The minimum Gasteiger partial charge on any atom is -0.492 e. The third kappa shape index (κ3) is 4.93. The minimum absolute atomic E-state index is 0.221. The number of carbonyl (C=O) groups is 2. The number of nitrogens with one attached hydrogen (secondary N) is 2. The summed E-state index contributed by atoms with van der Waals surface area (Å²) in [6.07, 6.45) is 2.23. The van der Waals surface area contributed by atoms with Gasteiger partial charge in [-0.1, -0.05) is 23.9 Å². The highest BCUT2D eigenvalue weighted by molar-refractivity contribution is 8.15. The van der Waals surface area contributed by atoms with Crippen molar-refractivity contribution in [2.24, 2.45) is 0 Å². The predicted octanol–water partition coefficient (Wildman–Crippen LogP) is 2.17. The van der Waals surface area contributed by atoms with E-state index in [0.29, 0.717) is 19.6 Å². The molecule has 0 radical (unpaired) electrons. The standard InChI is InChI=1S/C17H18N4O3S/c1-11-18-7-6-15(20-11)19-8-9-24-13-4-2-12(3-5-13)10-14-16(22)21-17(23)25-14/h2-7,14H,8-10H2,1H3,(H,18,19,20)(H,21,22,23). The van der Waals surface area contributed by atoms with Crippen LogP contribution in [0.2, 0.25) is 0 Å². The van der Waals surface area contributed by atoms with Crippen LogP contribution in [0.3, 0.4) is 0 Å². The van der Waals surface area contributed by atoms with Crippen LogP contribution in [-0.4, -0.2) is 39.5 Å². The van der Waals surface area contributed by atoms with E-state index in [0.717, 1.165) is 34.7 Å². The van der Waals surface area contributed by atoms with Crippen molar-refractivity contribution in [2.75, 3.05) is 18.5 Å². The van der Waals surface area contributed by atoms with E-state index in [-0.39, 0.29) is 16.4 Å². The van der Waals surface area contributed by atoms with Crippen molar-refractivity contribution in [2.45, 2.75) is 18.6 Å². The number of amides is 2. The van der Waals surface area contributed by atoms with Crippen LogP contribution in [0.5, 0.6) is 5.75 Å². The molecule has 8 heteroatoms. The Morgan fingerprint density at radius 1 is 1.24 bits per heavy atom. The van der Waals surface area contributed by atoms with E-state index in [1.807, 2.05) is 37.3 Å². The van der Waals surface area contributed by atoms with Crippen molar-refractivity contribution >= 4 is 28.7 Å². The second-order valence-electron chi connectivity index (χ2n) is 5.50. The monoisotopic (exact) mass is 358 g/mol. The largest absolute Gasteiger partial charge is 0.492 e. The summed E-state index contributed by atoms with van der Waals surface area (Å²) in [6.45, 7) is 2.96. The number of anilines is 1. The first-order valence-electron chi connectivity index (χ1n) is 7.87. The molecule has 1 aliphatic rings. The van der Waals surface area contributed by atoms with Gasteiger partial charge in [-0.2, -0.15) is 0 Å². The normalized spacial score (nSPS) is 16.6. The number of aromatic nitrogens is 2. The van der Waals surface area contributed by atoms with Gasteiger partial charge in [0.1, 0.15) is 24.0 Å². The highest BCUT2D eigenvalue weighted by atomic mass is 32.2. The van der Waals surface area contributed by atoms with Crippen LogP contribution in [0, 0.1) is 6.92 Å². The molecule has 1 fully saturated rings. The van der Waals surface area contributed by atoms with Crippen LogP contribution in [0.4, 0.5) is 10.6 Å². The summed E-state index contributed by atoms with van der Waals surface area (Å²) in [4.78, 5) is 31.0. The molecule has 1 saturated heterocycles. The third-order valence-corrected chi connectivity index (χ3v) is 4.55. The highest BCUT2D eigenvalue weighted by Crippen LogP contribution is 2.23. The Bertz CT molecular complexity index is 767. The van der Waals surface area contributed by atoms with E-state index >= 15 is 0 Å². The zero-order valence-corrected chi connectivity index (χ0v) is 14.5. The molecule has 0 bridgehead atoms. The highest BCUT2D eigenvalue weighted by Gasteiger charge is 2.31. The SMILES string of the molecule is Cc1nccc(NCCOc2ccc(CC3SC(=O)NC3=O)cc2)n1. The summed E-state index contributed by atoms with van der Waals surface area (Å²) in [5.74, 6) is 2.02. The molecule has 25 heavy (non-hydrogen) atoms. The van der Waals surface area contributed by atoms with E-state index in [4.69, 9.17) is 4.74 Å². The molecule has 1 unspecified atom stereocenters. The van der Waals surface area contributed by atoms with Gasteiger partial charge in [0.25, 0.3) is 5.24 Å². The molecule has 130 valence electrons.